The van der Waals surface area contributed by atoms with Gasteiger partial charge in [0.2, 0.25) is 10.0 Å². The molecular weight excluding hydrogens is 455 g/mol. The Morgan fingerprint density at radius 3 is 2.56 bits per heavy atom. The lowest BCUT2D eigenvalue weighted by molar-refractivity contribution is 0.181. The van der Waals surface area contributed by atoms with Crippen LogP contribution in [-0.4, -0.2) is 59.4 Å². The average Bonchev–Trinajstić information content (AvgIpc) is 3.01. The summed E-state index contributed by atoms with van der Waals surface area (Å²) in [4.78, 5) is 6.42. The summed E-state index contributed by atoms with van der Waals surface area (Å²) in [5.74, 6) is 1.38. The summed E-state index contributed by atoms with van der Waals surface area (Å²) < 4.78 is 30.3. The van der Waals surface area contributed by atoms with Crippen molar-refractivity contribution in [1.29, 1.82) is 0 Å². The first-order valence-corrected chi connectivity index (χ1v) is 9.83. The summed E-state index contributed by atoms with van der Waals surface area (Å²) in [5.41, 5.74) is 1.61. The van der Waals surface area contributed by atoms with E-state index in [-0.39, 0.29) is 24.0 Å². The summed E-state index contributed by atoms with van der Waals surface area (Å²) in [6, 6.07) is 7.28. The normalized spacial score (nSPS) is 17.7. The first-order chi connectivity index (χ1) is 11.4. The summed E-state index contributed by atoms with van der Waals surface area (Å²) in [7, 11) is 0.543. The molecule has 0 aromatic heterocycles. The lowest BCUT2D eigenvalue weighted by Gasteiger charge is -2.24. The van der Waals surface area contributed by atoms with E-state index in [2.05, 4.69) is 19.9 Å². The van der Waals surface area contributed by atoms with E-state index in [0.29, 0.717) is 18.2 Å². The van der Waals surface area contributed by atoms with E-state index in [1.54, 1.807) is 19.2 Å². The van der Waals surface area contributed by atoms with Gasteiger partial charge in [0.05, 0.1) is 12.9 Å². The molecule has 1 aliphatic rings. The van der Waals surface area contributed by atoms with Gasteiger partial charge >= 0.3 is 0 Å². The maximum absolute atomic E-state index is 11.2. The molecule has 1 unspecified atom stereocenters. The number of anilines is 1. The fourth-order valence-electron chi connectivity index (χ4n) is 2.67. The summed E-state index contributed by atoms with van der Waals surface area (Å²) >= 11 is 0. The quantitative estimate of drug-likeness (QED) is 0.367. The van der Waals surface area contributed by atoms with Gasteiger partial charge in [0.1, 0.15) is 0 Å². The van der Waals surface area contributed by atoms with Crippen LogP contribution in [-0.2, 0) is 21.3 Å². The fraction of sp³-hybridized carbons (Fsp3) is 0.562. The Bertz CT molecular complexity index is 658. The van der Waals surface area contributed by atoms with E-state index in [1.807, 2.05) is 19.2 Å². The molecule has 1 aliphatic heterocycles. The van der Waals surface area contributed by atoms with Crippen molar-refractivity contribution in [3.8, 4) is 0 Å². The van der Waals surface area contributed by atoms with Crippen LogP contribution in [0.5, 0.6) is 0 Å². The molecule has 0 bridgehead atoms. The maximum Gasteiger partial charge on any atom is 0.229 e. The van der Waals surface area contributed by atoms with E-state index >= 15 is 0 Å². The monoisotopic (exact) mass is 482 g/mol. The zero-order valence-electron chi connectivity index (χ0n) is 14.9. The van der Waals surface area contributed by atoms with Crippen molar-refractivity contribution in [1.82, 2.24) is 10.2 Å². The zero-order valence-corrected chi connectivity index (χ0v) is 18.0. The number of aliphatic imine (C=N–C) groups is 1. The zero-order chi connectivity index (χ0) is 17.6. The number of guanidine groups is 1. The topological polar surface area (TPSA) is 83.0 Å². The molecule has 1 aromatic rings. The minimum Gasteiger partial charge on any atom is -0.381 e. The molecule has 1 heterocycles. The van der Waals surface area contributed by atoms with Crippen molar-refractivity contribution >= 4 is 45.6 Å². The number of hydrogen-bond acceptors (Lipinski definition) is 4. The summed E-state index contributed by atoms with van der Waals surface area (Å²) in [6.07, 6.45) is 2.23. The number of sulfonamides is 1. The Morgan fingerprint density at radius 1 is 1.36 bits per heavy atom. The first-order valence-electron chi connectivity index (χ1n) is 7.93. The smallest absolute Gasteiger partial charge is 0.229 e. The Hall–Kier alpha value is -1.07. The number of halogens is 1. The van der Waals surface area contributed by atoms with E-state index in [9.17, 15) is 8.42 Å². The van der Waals surface area contributed by atoms with Gasteiger partial charge in [-0.3, -0.25) is 9.71 Å². The Balaban J connectivity index is 0.00000312. The van der Waals surface area contributed by atoms with Crippen LogP contribution in [0.1, 0.15) is 12.0 Å². The second-order valence-electron chi connectivity index (χ2n) is 6.08. The molecule has 0 saturated carbocycles. The van der Waals surface area contributed by atoms with Crippen LogP contribution in [0.4, 0.5) is 5.69 Å². The lowest BCUT2D eigenvalue weighted by atomic mass is 10.1. The molecule has 0 spiro atoms. The molecule has 2 N–H and O–H groups in total. The van der Waals surface area contributed by atoms with Crippen molar-refractivity contribution in [3.05, 3.63) is 29.8 Å². The highest BCUT2D eigenvalue weighted by molar-refractivity contribution is 14.0. The van der Waals surface area contributed by atoms with Crippen LogP contribution in [0.15, 0.2) is 29.3 Å². The Kier molecular flexibility index (Phi) is 8.94. The third kappa shape index (κ3) is 7.78. The van der Waals surface area contributed by atoms with Gasteiger partial charge in [-0.05, 0) is 24.1 Å². The standard InChI is InChI=1S/C16H26N4O3S.HI/c1-17-16(20(2)11-14-8-9-23-12-14)18-10-13-4-6-15(7-5-13)19-24(3,21)22;/h4-7,14,19H,8-12H2,1-3H3,(H,17,18);1H. The van der Waals surface area contributed by atoms with Gasteiger partial charge in [0, 0.05) is 45.4 Å². The van der Waals surface area contributed by atoms with Crippen molar-refractivity contribution in [2.24, 2.45) is 10.9 Å². The molecule has 1 fully saturated rings. The highest BCUT2D eigenvalue weighted by Crippen LogP contribution is 2.14. The van der Waals surface area contributed by atoms with Gasteiger partial charge in [0.25, 0.3) is 0 Å². The van der Waals surface area contributed by atoms with Crippen LogP contribution < -0.4 is 10.0 Å². The predicted octanol–water partition coefficient (Wildman–Crippen LogP) is 1.72. The third-order valence-corrected chi connectivity index (χ3v) is 4.44. The molecule has 7 nitrogen and oxygen atoms in total. The molecule has 1 saturated heterocycles. The van der Waals surface area contributed by atoms with E-state index in [1.165, 1.54) is 0 Å². The lowest BCUT2D eigenvalue weighted by Crippen LogP contribution is -2.41. The Labute approximate surface area is 167 Å². The number of ether oxygens (including phenoxy) is 1. The van der Waals surface area contributed by atoms with Gasteiger partial charge in [-0.25, -0.2) is 8.42 Å². The molecule has 2 rings (SSSR count). The molecule has 9 heteroatoms. The predicted molar refractivity (Wildman–Crippen MR) is 112 cm³/mol. The molecule has 0 amide bonds. The average molecular weight is 482 g/mol. The second kappa shape index (κ2) is 10.2. The SMILES string of the molecule is CN=C(NCc1ccc(NS(C)(=O)=O)cc1)N(C)CC1CCOC1.I. The molecule has 1 aromatic carbocycles. The van der Waals surface area contributed by atoms with Gasteiger partial charge in [-0.15, -0.1) is 24.0 Å². The van der Waals surface area contributed by atoms with Crippen LogP contribution in [0.25, 0.3) is 0 Å². The third-order valence-electron chi connectivity index (χ3n) is 3.84. The van der Waals surface area contributed by atoms with E-state index in [0.717, 1.165) is 44.0 Å². The molecule has 0 aliphatic carbocycles. The van der Waals surface area contributed by atoms with Crippen LogP contribution in [0.2, 0.25) is 0 Å². The Morgan fingerprint density at radius 2 is 2.04 bits per heavy atom. The highest BCUT2D eigenvalue weighted by atomic mass is 127. The molecule has 142 valence electrons. The van der Waals surface area contributed by atoms with Crippen molar-refractivity contribution < 1.29 is 13.2 Å². The maximum atomic E-state index is 11.2. The van der Waals surface area contributed by atoms with Crippen molar-refractivity contribution in [2.45, 2.75) is 13.0 Å². The van der Waals surface area contributed by atoms with Crippen LogP contribution in [0.3, 0.4) is 0 Å². The van der Waals surface area contributed by atoms with Gasteiger partial charge in [0.15, 0.2) is 5.96 Å². The van der Waals surface area contributed by atoms with Gasteiger partial charge in [-0.2, -0.15) is 0 Å². The van der Waals surface area contributed by atoms with Crippen LogP contribution in [0, 0.1) is 5.92 Å². The summed E-state index contributed by atoms with van der Waals surface area (Å²) in [6.45, 7) is 3.20. The molecule has 0 radical (unpaired) electrons. The highest BCUT2D eigenvalue weighted by Gasteiger charge is 2.18. The van der Waals surface area contributed by atoms with E-state index in [4.69, 9.17) is 4.74 Å². The minimum absolute atomic E-state index is 0. The van der Waals surface area contributed by atoms with Crippen molar-refractivity contribution in [3.63, 3.8) is 0 Å². The summed E-state index contributed by atoms with van der Waals surface area (Å²) in [5, 5.41) is 3.32. The molecule has 1 atom stereocenters. The van der Waals surface area contributed by atoms with Gasteiger partial charge in [-0.1, -0.05) is 12.1 Å². The van der Waals surface area contributed by atoms with Crippen molar-refractivity contribution in [2.75, 3.05) is 44.8 Å². The molecule has 25 heavy (non-hydrogen) atoms. The number of hydrogen-bond donors (Lipinski definition) is 2. The van der Waals surface area contributed by atoms with Crippen LogP contribution >= 0.6 is 24.0 Å². The van der Waals surface area contributed by atoms with E-state index < -0.39 is 10.0 Å². The van der Waals surface area contributed by atoms with Gasteiger partial charge < -0.3 is 15.0 Å². The second-order valence-corrected chi connectivity index (χ2v) is 7.83. The number of nitrogens with one attached hydrogen (secondary N) is 2. The number of nitrogens with zero attached hydrogens (tertiary/aromatic N) is 2. The minimum atomic E-state index is -3.24. The molecular formula is C16H27IN4O3S. The number of rotatable bonds is 6. The fourth-order valence-corrected chi connectivity index (χ4v) is 3.24. The number of benzene rings is 1. The first kappa shape index (κ1) is 22.0. The largest absolute Gasteiger partial charge is 0.381 e.